The minimum Gasteiger partial charge on any atom is -0.484 e. The molecule has 2 aromatic carbocycles. The molecule has 5 nitrogen and oxygen atoms in total. The average Bonchev–Trinajstić information content (AvgIpc) is 2.72. The number of nitrogens with zero attached hydrogens (tertiary/aromatic N) is 1. The van der Waals surface area contributed by atoms with Crippen molar-refractivity contribution in [2.45, 2.75) is 33.2 Å². The summed E-state index contributed by atoms with van der Waals surface area (Å²) in [6, 6.07) is 15.0. The Morgan fingerprint density at radius 2 is 1.83 bits per heavy atom. The maximum absolute atomic E-state index is 12.8. The van der Waals surface area contributed by atoms with Crippen molar-refractivity contribution in [2.75, 3.05) is 19.7 Å². The third-order valence-electron chi connectivity index (χ3n) is 5.35. The molecular weight excluding hydrogens is 388 g/mol. The zero-order valence-corrected chi connectivity index (χ0v) is 17.7. The zero-order valence-electron chi connectivity index (χ0n) is 16.9. The summed E-state index contributed by atoms with van der Waals surface area (Å²) in [5.41, 5.74) is 1.65. The van der Waals surface area contributed by atoms with Crippen LogP contribution < -0.4 is 10.1 Å². The van der Waals surface area contributed by atoms with Gasteiger partial charge in [-0.2, -0.15) is 0 Å². The van der Waals surface area contributed by atoms with Crippen LogP contribution in [0.1, 0.15) is 30.9 Å². The molecule has 1 aliphatic rings. The van der Waals surface area contributed by atoms with Crippen molar-refractivity contribution in [3.63, 3.8) is 0 Å². The van der Waals surface area contributed by atoms with Crippen LogP contribution in [0.25, 0.3) is 0 Å². The number of rotatable bonds is 6. The highest BCUT2D eigenvalue weighted by molar-refractivity contribution is 6.30. The van der Waals surface area contributed by atoms with E-state index in [2.05, 4.69) is 5.32 Å². The standard InChI is InChI=1S/C23H27ClN2O3/c1-17-4-6-18(7-5-17)14-25-22(28)23(2)12-3-13-26(16-23)21(27)15-29-20-10-8-19(24)9-11-20/h4-11H,3,12-16H2,1-2H3,(H,25,28)/t23-/m1/s1. The molecule has 0 radical (unpaired) electrons. The normalized spacial score (nSPS) is 18.9. The number of hydrogen-bond donors (Lipinski definition) is 1. The second kappa shape index (κ2) is 9.31. The second-order valence-corrected chi connectivity index (χ2v) is 8.33. The molecule has 0 saturated carbocycles. The van der Waals surface area contributed by atoms with Gasteiger partial charge in [0.05, 0.1) is 5.41 Å². The van der Waals surface area contributed by atoms with Gasteiger partial charge in [-0.25, -0.2) is 0 Å². The van der Waals surface area contributed by atoms with Crippen LogP contribution in [-0.4, -0.2) is 36.4 Å². The Labute approximate surface area is 177 Å². The van der Waals surface area contributed by atoms with Crippen LogP contribution in [0.15, 0.2) is 48.5 Å². The number of carbonyl (C=O) groups excluding carboxylic acids is 2. The molecule has 0 bridgehead atoms. The number of nitrogens with one attached hydrogen (secondary N) is 1. The number of amides is 2. The highest BCUT2D eigenvalue weighted by atomic mass is 35.5. The molecule has 1 fully saturated rings. The fourth-order valence-corrected chi connectivity index (χ4v) is 3.63. The fourth-order valence-electron chi connectivity index (χ4n) is 3.51. The maximum Gasteiger partial charge on any atom is 0.260 e. The lowest BCUT2D eigenvalue weighted by atomic mass is 9.81. The van der Waals surface area contributed by atoms with Crippen LogP contribution in [0.2, 0.25) is 5.02 Å². The van der Waals surface area contributed by atoms with Gasteiger partial charge < -0.3 is 15.0 Å². The molecule has 0 aromatic heterocycles. The van der Waals surface area contributed by atoms with E-state index in [4.69, 9.17) is 16.3 Å². The molecule has 0 unspecified atom stereocenters. The monoisotopic (exact) mass is 414 g/mol. The van der Waals surface area contributed by atoms with E-state index in [1.807, 2.05) is 38.1 Å². The van der Waals surface area contributed by atoms with Gasteiger partial charge in [-0.15, -0.1) is 0 Å². The van der Waals surface area contributed by atoms with Crippen LogP contribution in [0, 0.1) is 12.3 Å². The van der Waals surface area contributed by atoms with E-state index in [9.17, 15) is 9.59 Å². The summed E-state index contributed by atoms with van der Waals surface area (Å²) < 4.78 is 5.57. The van der Waals surface area contributed by atoms with Crippen molar-refractivity contribution in [3.8, 4) is 5.75 Å². The van der Waals surface area contributed by atoms with Crippen LogP contribution in [0.3, 0.4) is 0 Å². The van der Waals surface area contributed by atoms with Gasteiger partial charge in [0.1, 0.15) is 5.75 Å². The van der Waals surface area contributed by atoms with E-state index in [-0.39, 0.29) is 18.4 Å². The number of benzene rings is 2. The number of likely N-dealkylation sites (tertiary alicyclic amines) is 1. The summed E-state index contributed by atoms with van der Waals surface area (Å²) >= 11 is 5.86. The molecule has 1 aliphatic heterocycles. The number of hydrogen-bond acceptors (Lipinski definition) is 3. The molecule has 1 N–H and O–H groups in total. The van der Waals surface area contributed by atoms with Crippen molar-refractivity contribution in [3.05, 3.63) is 64.7 Å². The van der Waals surface area contributed by atoms with E-state index >= 15 is 0 Å². The number of ether oxygens (including phenoxy) is 1. The topological polar surface area (TPSA) is 58.6 Å². The average molecular weight is 415 g/mol. The van der Waals surface area contributed by atoms with Crippen molar-refractivity contribution in [2.24, 2.45) is 5.41 Å². The predicted octanol–water partition coefficient (Wildman–Crippen LogP) is 3.97. The minimum atomic E-state index is -0.598. The van der Waals surface area contributed by atoms with E-state index in [1.54, 1.807) is 29.2 Å². The first kappa shape index (κ1) is 21.2. The quantitative estimate of drug-likeness (QED) is 0.778. The summed E-state index contributed by atoms with van der Waals surface area (Å²) in [7, 11) is 0. The fraction of sp³-hybridized carbons (Fsp3) is 0.391. The zero-order chi connectivity index (χ0) is 20.9. The molecule has 1 saturated heterocycles. The van der Waals surface area contributed by atoms with Crippen molar-refractivity contribution in [1.82, 2.24) is 10.2 Å². The van der Waals surface area contributed by atoms with Gasteiger partial charge in [0.2, 0.25) is 5.91 Å². The Balaban J connectivity index is 1.53. The van der Waals surface area contributed by atoms with Crippen LogP contribution >= 0.6 is 11.6 Å². The number of halogens is 1. The molecule has 0 aliphatic carbocycles. The molecule has 2 amide bonds. The van der Waals surface area contributed by atoms with Gasteiger partial charge in [-0.05, 0) is 56.5 Å². The van der Waals surface area contributed by atoms with Crippen LogP contribution in [0.4, 0.5) is 0 Å². The molecule has 29 heavy (non-hydrogen) atoms. The van der Waals surface area contributed by atoms with Gasteiger partial charge in [0.15, 0.2) is 6.61 Å². The summed E-state index contributed by atoms with van der Waals surface area (Å²) in [4.78, 5) is 27.2. The van der Waals surface area contributed by atoms with Crippen molar-refractivity contribution < 1.29 is 14.3 Å². The Hall–Kier alpha value is -2.53. The van der Waals surface area contributed by atoms with Gasteiger partial charge in [-0.3, -0.25) is 9.59 Å². The number of aryl methyl sites for hydroxylation is 1. The molecule has 2 aromatic rings. The van der Waals surface area contributed by atoms with Gasteiger partial charge in [-0.1, -0.05) is 41.4 Å². The van der Waals surface area contributed by atoms with Crippen LogP contribution in [-0.2, 0) is 16.1 Å². The number of piperidine rings is 1. The lowest BCUT2D eigenvalue weighted by Crippen LogP contribution is -2.52. The lowest BCUT2D eigenvalue weighted by Gasteiger charge is -2.39. The lowest BCUT2D eigenvalue weighted by molar-refractivity contribution is -0.142. The second-order valence-electron chi connectivity index (χ2n) is 7.89. The first-order valence-electron chi connectivity index (χ1n) is 9.86. The van der Waals surface area contributed by atoms with E-state index < -0.39 is 5.41 Å². The number of carbonyl (C=O) groups is 2. The Morgan fingerprint density at radius 1 is 1.14 bits per heavy atom. The molecule has 1 heterocycles. The predicted molar refractivity (Wildman–Crippen MR) is 114 cm³/mol. The highest BCUT2D eigenvalue weighted by Crippen LogP contribution is 2.30. The molecule has 0 spiro atoms. The molecular formula is C23H27ClN2O3. The summed E-state index contributed by atoms with van der Waals surface area (Å²) in [6.45, 7) is 5.44. The Morgan fingerprint density at radius 3 is 2.52 bits per heavy atom. The summed E-state index contributed by atoms with van der Waals surface area (Å²) in [6.07, 6.45) is 1.55. The van der Waals surface area contributed by atoms with Gasteiger partial charge >= 0.3 is 0 Å². The summed E-state index contributed by atoms with van der Waals surface area (Å²) in [5, 5.41) is 3.65. The third-order valence-corrected chi connectivity index (χ3v) is 5.60. The van der Waals surface area contributed by atoms with E-state index in [0.717, 1.165) is 18.4 Å². The van der Waals surface area contributed by atoms with E-state index in [0.29, 0.717) is 30.4 Å². The van der Waals surface area contributed by atoms with E-state index in [1.165, 1.54) is 5.56 Å². The van der Waals surface area contributed by atoms with Crippen molar-refractivity contribution in [1.29, 1.82) is 0 Å². The van der Waals surface area contributed by atoms with Gasteiger partial charge in [0, 0.05) is 24.7 Å². The first-order chi connectivity index (χ1) is 13.9. The largest absolute Gasteiger partial charge is 0.484 e. The molecule has 6 heteroatoms. The third kappa shape index (κ3) is 5.73. The maximum atomic E-state index is 12.8. The molecule has 1 atom stereocenters. The van der Waals surface area contributed by atoms with Crippen LogP contribution in [0.5, 0.6) is 5.75 Å². The first-order valence-corrected chi connectivity index (χ1v) is 10.2. The van der Waals surface area contributed by atoms with Crippen molar-refractivity contribution >= 4 is 23.4 Å². The molecule has 3 rings (SSSR count). The SMILES string of the molecule is Cc1ccc(CNC(=O)[C@]2(C)CCCN(C(=O)COc3ccc(Cl)cc3)C2)cc1. The highest BCUT2D eigenvalue weighted by Gasteiger charge is 2.39. The Bertz CT molecular complexity index is 851. The summed E-state index contributed by atoms with van der Waals surface area (Å²) in [5.74, 6) is 0.463. The van der Waals surface area contributed by atoms with Gasteiger partial charge in [0.25, 0.3) is 5.91 Å². The smallest absolute Gasteiger partial charge is 0.260 e. The minimum absolute atomic E-state index is 0.0193. The molecule has 154 valence electrons. The Kier molecular flexibility index (Phi) is 6.80.